The lowest BCUT2D eigenvalue weighted by molar-refractivity contribution is 0.649. The maximum absolute atomic E-state index is 4.40. The van der Waals surface area contributed by atoms with E-state index in [1.54, 1.807) is 11.8 Å². The maximum atomic E-state index is 4.40. The van der Waals surface area contributed by atoms with E-state index in [0.29, 0.717) is 0 Å². The maximum Gasteiger partial charge on any atom is 0.0632 e. The van der Waals surface area contributed by atoms with Crippen LogP contribution in [0.25, 0.3) is 0 Å². The predicted molar refractivity (Wildman–Crippen MR) is 65.6 cm³/mol. The van der Waals surface area contributed by atoms with Crippen LogP contribution in [0.4, 0.5) is 0 Å². The SMILES string of the molecule is C1=CCn2ncc(Sc3ccccc3)c2C1. The second-order valence-electron chi connectivity index (χ2n) is 3.73. The van der Waals surface area contributed by atoms with Crippen LogP contribution < -0.4 is 0 Å². The third kappa shape index (κ3) is 1.78. The first kappa shape index (κ1) is 9.73. The zero-order valence-corrected chi connectivity index (χ0v) is 9.65. The average molecular weight is 228 g/mol. The fraction of sp³-hybridized carbons (Fsp3) is 0.154. The molecule has 3 heteroatoms. The van der Waals surface area contributed by atoms with Gasteiger partial charge in [-0.3, -0.25) is 4.68 Å². The molecule has 0 unspecified atom stereocenters. The number of allylic oxidation sites excluding steroid dienone is 2. The summed E-state index contributed by atoms with van der Waals surface area (Å²) in [5.74, 6) is 0. The number of rotatable bonds is 2. The van der Waals surface area contributed by atoms with Crippen LogP contribution in [0, 0.1) is 0 Å². The Morgan fingerprint density at radius 3 is 2.88 bits per heavy atom. The van der Waals surface area contributed by atoms with Crippen LogP contribution in [0.1, 0.15) is 5.69 Å². The Morgan fingerprint density at radius 2 is 2.00 bits per heavy atom. The Balaban J connectivity index is 1.89. The molecule has 0 N–H and O–H groups in total. The molecule has 0 bridgehead atoms. The highest BCUT2D eigenvalue weighted by Crippen LogP contribution is 2.31. The van der Waals surface area contributed by atoms with Gasteiger partial charge in [0, 0.05) is 11.3 Å². The van der Waals surface area contributed by atoms with Gasteiger partial charge in [-0.15, -0.1) is 0 Å². The van der Waals surface area contributed by atoms with E-state index in [2.05, 4.69) is 46.2 Å². The van der Waals surface area contributed by atoms with E-state index < -0.39 is 0 Å². The summed E-state index contributed by atoms with van der Waals surface area (Å²) in [4.78, 5) is 2.54. The molecule has 0 atom stereocenters. The topological polar surface area (TPSA) is 17.8 Å². The van der Waals surface area contributed by atoms with Crippen LogP contribution in [0.5, 0.6) is 0 Å². The minimum absolute atomic E-state index is 0.907. The second-order valence-corrected chi connectivity index (χ2v) is 4.84. The van der Waals surface area contributed by atoms with Gasteiger partial charge in [-0.2, -0.15) is 5.10 Å². The number of benzene rings is 1. The third-order valence-electron chi connectivity index (χ3n) is 2.64. The number of aromatic nitrogens is 2. The molecule has 1 aromatic carbocycles. The Kier molecular flexibility index (Phi) is 2.54. The van der Waals surface area contributed by atoms with Crippen molar-refractivity contribution in [3.8, 4) is 0 Å². The molecule has 0 saturated heterocycles. The van der Waals surface area contributed by atoms with Gasteiger partial charge >= 0.3 is 0 Å². The second kappa shape index (κ2) is 4.18. The Hall–Kier alpha value is -1.48. The van der Waals surface area contributed by atoms with Crippen molar-refractivity contribution in [2.75, 3.05) is 0 Å². The zero-order chi connectivity index (χ0) is 10.8. The number of nitrogens with zero attached hydrogens (tertiary/aromatic N) is 2. The van der Waals surface area contributed by atoms with Crippen LogP contribution in [0.2, 0.25) is 0 Å². The van der Waals surface area contributed by atoms with E-state index in [1.165, 1.54) is 15.5 Å². The summed E-state index contributed by atoms with van der Waals surface area (Å²) in [7, 11) is 0. The van der Waals surface area contributed by atoms with Crippen LogP contribution in [-0.4, -0.2) is 9.78 Å². The average Bonchev–Trinajstić information content (AvgIpc) is 2.74. The largest absolute Gasteiger partial charge is 0.264 e. The molecular weight excluding hydrogens is 216 g/mol. The quantitative estimate of drug-likeness (QED) is 0.735. The highest BCUT2D eigenvalue weighted by Gasteiger charge is 2.12. The highest BCUT2D eigenvalue weighted by atomic mass is 32.2. The van der Waals surface area contributed by atoms with Gasteiger partial charge in [-0.1, -0.05) is 42.1 Å². The van der Waals surface area contributed by atoms with E-state index in [4.69, 9.17) is 0 Å². The lowest BCUT2D eigenvalue weighted by Gasteiger charge is -2.09. The minimum atomic E-state index is 0.907. The smallest absolute Gasteiger partial charge is 0.0632 e. The van der Waals surface area contributed by atoms with Crippen molar-refractivity contribution in [1.29, 1.82) is 0 Å². The normalized spacial score (nSPS) is 13.8. The predicted octanol–water partition coefficient (Wildman–Crippen LogP) is 3.15. The van der Waals surface area contributed by atoms with Gasteiger partial charge in [0.2, 0.25) is 0 Å². The third-order valence-corrected chi connectivity index (χ3v) is 3.71. The van der Waals surface area contributed by atoms with Crippen LogP contribution >= 0.6 is 11.8 Å². The molecule has 80 valence electrons. The minimum Gasteiger partial charge on any atom is -0.264 e. The molecule has 0 spiro atoms. The summed E-state index contributed by atoms with van der Waals surface area (Å²) in [6.45, 7) is 0.907. The molecule has 3 rings (SSSR count). The Morgan fingerprint density at radius 1 is 1.12 bits per heavy atom. The van der Waals surface area contributed by atoms with Gasteiger partial charge in [0.05, 0.1) is 23.3 Å². The van der Waals surface area contributed by atoms with E-state index >= 15 is 0 Å². The molecule has 16 heavy (non-hydrogen) atoms. The zero-order valence-electron chi connectivity index (χ0n) is 8.84. The van der Waals surface area contributed by atoms with Crippen molar-refractivity contribution < 1.29 is 0 Å². The molecule has 2 nitrogen and oxygen atoms in total. The van der Waals surface area contributed by atoms with Crippen molar-refractivity contribution in [1.82, 2.24) is 9.78 Å². The molecule has 0 saturated carbocycles. The molecule has 0 fully saturated rings. The Labute approximate surface area is 99.0 Å². The molecule has 0 aliphatic carbocycles. The fourth-order valence-electron chi connectivity index (χ4n) is 1.83. The number of fused-ring (bicyclic) bond motifs is 1. The fourth-order valence-corrected chi connectivity index (χ4v) is 2.78. The standard InChI is InChI=1S/C13H12N2S/c1-2-6-11(7-3-1)16-13-10-14-15-9-5-4-8-12(13)15/h1-7,10H,8-9H2. The van der Waals surface area contributed by atoms with Crippen molar-refractivity contribution in [3.05, 3.63) is 54.4 Å². The molecular formula is C13H12N2S. The molecule has 2 aromatic rings. The molecule has 1 aliphatic heterocycles. The lowest BCUT2D eigenvalue weighted by atomic mass is 10.2. The van der Waals surface area contributed by atoms with E-state index in [1.807, 2.05) is 12.3 Å². The van der Waals surface area contributed by atoms with Gasteiger partial charge in [0.15, 0.2) is 0 Å². The summed E-state index contributed by atoms with van der Waals surface area (Å²) in [6, 6.07) is 10.4. The van der Waals surface area contributed by atoms with Crippen LogP contribution in [-0.2, 0) is 13.0 Å². The summed E-state index contributed by atoms with van der Waals surface area (Å²) >= 11 is 1.79. The van der Waals surface area contributed by atoms with Gasteiger partial charge in [0.1, 0.15) is 0 Å². The van der Waals surface area contributed by atoms with E-state index in [9.17, 15) is 0 Å². The first-order valence-electron chi connectivity index (χ1n) is 5.36. The molecule has 1 aromatic heterocycles. The number of hydrogen-bond donors (Lipinski definition) is 0. The Bertz CT molecular complexity index is 514. The van der Waals surface area contributed by atoms with Crippen molar-refractivity contribution in [3.63, 3.8) is 0 Å². The molecule has 1 aliphatic rings. The summed E-state index contributed by atoms with van der Waals surface area (Å²) in [6.07, 6.45) is 7.35. The first-order chi connectivity index (χ1) is 7.93. The monoisotopic (exact) mass is 228 g/mol. The van der Waals surface area contributed by atoms with Crippen LogP contribution in [0.15, 0.2) is 58.5 Å². The van der Waals surface area contributed by atoms with Gasteiger partial charge < -0.3 is 0 Å². The molecule has 0 amide bonds. The molecule has 0 radical (unpaired) electrons. The van der Waals surface area contributed by atoms with Crippen LogP contribution in [0.3, 0.4) is 0 Å². The summed E-state index contributed by atoms with van der Waals surface area (Å²) in [5, 5.41) is 4.40. The first-order valence-corrected chi connectivity index (χ1v) is 6.18. The number of hydrogen-bond acceptors (Lipinski definition) is 2. The highest BCUT2D eigenvalue weighted by molar-refractivity contribution is 7.99. The van der Waals surface area contributed by atoms with Gasteiger partial charge in [-0.05, 0) is 12.1 Å². The lowest BCUT2D eigenvalue weighted by Crippen LogP contribution is -2.06. The van der Waals surface area contributed by atoms with Gasteiger partial charge in [0.25, 0.3) is 0 Å². The summed E-state index contributed by atoms with van der Waals surface area (Å²) < 4.78 is 2.07. The summed E-state index contributed by atoms with van der Waals surface area (Å²) in [5.41, 5.74) is 1.33. The van der Waals surface area contributed by atoms with Gasteiger partial charge in [-0.25, -0.2) is 0 Å². The van der Waals surface area contributed by atoms with Crippen molar-refractivity contribution in [2.24, 2.45) is 0 Å². The van der Waals surface area contributed by atoms with Crippen molar-refractivity contribution >= 4 is 11.8 Å². The van der Waals surface area contributed by atoms with E-state index in [-0.39, 0.29) is 0 Å². The van der Waals surface area contributed by atoms with Crippen molar-refractivity contribution in [2.45, 2.75) is 22.8 Å². The molecule has 2 heterocycles. The van der Waals surface area contributed by atoms with E-state index in [0.717, 1.165) is 13.0 Å².